The molecule has 4 rings (SSSR count). The maximum atomic E-state index is 13.5. The first-order valence-corrected chi connectivity index (χ1v) is 10.5. The zero-order valence-corrected chi connectivity index (χ0v) is 18.5. The molecule has 0 spiro atoms. The quantitative estimate of drug-likeness (QED) is 0.473. The highest BCUT2D eigenvalue weighted by Gasteiger charge is 2.20. The summed E-state index contributed by atoms with van der Waals surface area (Å²) in [5.74, 6) is 0.311. The molecule has 0 radical (unpaired) electrons. The van der Waals surface area contributed by atoms with Crippen molar-refractivity contribution in [1.82, 2.24) is 9.55 Å². The van der Waals surface area contributed by atoms with Crippen molar-refractivity contribution >= 4 is 33.1 Å². The molecule has 0 bridgehead atoms. The van der Waals surface area contributed by atoms with Crippen LogP contribution >= 0.6 is 11.3 Å². The van der Waals surface area contributed by atoms with Gasteiger partial charge in [0.1, 0.15) is 10.6 Å². The number of ether oxygens (including phenoxy) is 2. The van der Waals surface area contributed by atoms with Gasteiger partial charge < -0.3 is 14.8 Å². The molecule has 0 saturated carbocycles. The van der Waals surface area contributed by atoms with Crippen LogP contribution in [0.15, 0.2) is 53.6 Å². The Bertz CT molecular complexity index is 1380. The van der Waals surface area contributed by atoms with Crippen LogP contribution in [0.2, 0.25) is 0 Å². The maximum Gasteiger partial charge on any atom is 0.266 e. The molecule has 9 heteroatoms. The SMILES string of the molecule is COc1ccc(NC(=O)c2sc3ncn(Cc4cccc(F)c4)c(=O)c3c2C)cc1OC. The summed E-state index contributed by atoms with van der Waals surface area (Å²) in [6.07, 6.45) is 1.42. The summed E-state index contributed by atoms with van der Waals surface area (Å²) in [5.41, 5.74) is 1.45. The van der Waals surface area contributed by atoms with Crippen molar-refractivity contribution in [2.75, 3.05) is 19.5 Å². The van der Waals surface area contributed by atoms with E-state index in [1.165, 1.54) is 37.2 Å². The average molecular weight is 453 g/mol. The molecule has 0 aliphatic rings. The van der Waals surface area contributed by atoms with Crippen LogP contribution in [0, 0.1) is 12.7 Å². The molecule has 0 aliphatic heterocycles. The normalized spacial score (nSPS) is 10.9. The first kappa shape index (κ1) is 21.5. The van der Waals surface area contributed by atoms with Gasteiger partial charge in [-0.2, -0.15) is 0 Å². The number of aryl methyl sites for hydroxylation is 1. The second-order valence-electron chi connectivity index (χ2n) is 7.07. The lowest BCUT2D eigenvalue weighted by Gasteiger charge is -2.10. The lowest BCUT2D eigenvalue weighted by molar-refractivity contribution is 0.103. The van der Waals surface area contributed by atoms with Crippen LogP contribution in [0.1, 0.15) is 20.8 Å². The Balaban J connectivity index is 1.65. The lowest BCUT2D eigenvalue weighted by atomic mass is 10.2. The second-order valence-corrected chi connectivity index (χ2v) is 8.07. The van der Waals surface area contributed by atoms with E-state index in [1.54, 1.807) is 37.3 Å². The minimum Gasteiger partial charge on any atom is -0.493 e. The topological polar surface area (TPSA) is 82.5 Å². The van der Waals surface area contributed by atoms with E-state index in [9.17, 15) is 14.0 Å². The molecule has 2 aromatic carbocycles. The van der Waals surface area contributed by atoms with E-state index >= 15 is 0 Å². The minimum absolute atomic E-state index is 0.183. The monoisotopic (exact) mass is 453 g/mol. The van der Waals surface area contributed by atoms with E-state index in [2.05, 4.69) is 10.3 Å². The van der Waals surface area contributed by atoms with Crippen molar-refractivity contribution in [2.45, 2.75) is 13.5 Å². The van der Waals surface area contributed by atoms with Gasteiger partial charge in [0.2, 0.25) is 0 Å². The van der Waals surface area contributed by atoms with E-state index in [-0.39, 0.29) is 23.8 Å². The Morgan fingerprint density at radius 2 is 1.94 bits per heavy atom. The first-order chi connectivity index (χ1) is 15.4. The Labute approximate surface area is 187 Å². The molecule has 1 amide bonds. The number of nitrogens with one attached hydrogen (secondary N) is 1. The van der Waals surface area contributed by atoms with Crippen LogP contribution in [-0.2, 0) is 6.54 Å². The summed E-state index contributed by atoms with van der Waals surface area (Å²) < 4.78 is 25.4. The maximum absolute atomic E-state index is 13.5. The highest BCUT2D eigenvalue weighted by atomic mass is 32.1. The number of aromatic nitrogens is 2. The number of nitrogens with zero attached hydrogens (tertiary/aromatic N) is 2. The number of fused-ring (bicyclic) bond motifs is 1. The summed E-state index contributed by atoms with van der Waals surface area (Å²) in [6.45, 7) is 1.90. The molecule has 4 aromatic rings. The fourth-order valence-electron chi connectivity index (χ4n) is 3.42. The third-order valence-electron chi connectivity index (χ3n) is 5.01. The third kappa shape index (κ3) is 4.06. The molecule has 164 valence electrons. The number of benzene rings is 2. The van der Waals surface area contributed by atoms with E-state index in [4.69, 9.17) is 9.47 Å². The molecule has 0 aliphatic carbocycles. The molecule has 2 heterocycles. The number of hydrogen-bond donors (Lipinski definition) is 1. The summed E-state index contributed by atoms with van der Waals surface area (Å²) >= 11 is 1.15. The third-order valence-corrected chi connectivity index (χ3v) is 6.21. The van der Waals surface area contributed by atoms with E-state index in [0.29, 0.717) is 43.4 Å². The second kappa shape index (κ2) is 8.80. The molecule has 0 atom stereocenters. The predicted molar refractivity (Wildman–Crippen MR) is 122 cm³/mol. The van der Waals surface area contributed by atoms with E-state index in [1.807, 2.05) is 0 Å². The highest BCUT2D eigenvalue weighted by molar-refractivity contribution is 7.20. The number of hydrogen-bond acceptors (Lipinski definition) is 6. The van der Waals surface area contributed by atoms with Gasteiger partial charge >= 0.3 is 0 Å². The number of halogens is 1. The number of carbonyl (C=O) groups is 1. The molecule has 7 nitrogen and oxygen atoms in total. The van der Waals surface area contributed by atoms with Crippen LogP contribution in [0.5, 0.6) is 11.5 Å². The van der Waals surface area contributed by atoms with Gasteiger partial charge in [-0.15, -0.1) is 11.3 Å². The first-order valence-electron chi connectivity index (χ1n) is 9.67. The van der Waals surface area contributed by atoms with Crippen molar-refractivity contribution in [3.63, 3.8) is 0 Å². The Hall–Kier alpha value is -3.72. The van der Waals surface area contributed by atoms with Crippen molar-refractivity contribution < 1.29 is 18.7 Å². The molecule has 0 fully saturated rings. The molecular formula is C23H20FN3O4S. The van der Waals surface area contributed by atoms with Crippen LogP contribution in [0.25, 0.3) is 10.2 Å². The lowest BCUT2D eigenvalue weighted by Crippen LogP contribution is -2.21. The number of rotatable bonds is 6. The summed E-state index contributed by atoms with van der Waals surface area (Å²) in [7, 11) is 3.05. The predicted octanol–water partition coefficient (Wildman–Crippen LogP) is 4.22. The van der Waals surface area contributed by atoms with Gasteiger partial charge in [0.25, 0.3) is 11.5 Å². The Morgan fingerprint density at radius 1 is 1.16 bits per heavy atom. The van der Waals surface area contributed by atoms with Crippen LogP contribution in [0.4, 0.5) is 10.1 Å². The number of amides is 1. The number of anilines is 1. The zero-order valence-electron chi connectivity index (χ0n) is 17.6. The molecule has 2 aromatic heterocycles. The number of carbonyl (C=O) groups excluding carboxylic acids is 1. The molecular weight excluding hydrogens is 433 g/mol. The highest BCUT2D eigenvalue weighted by Crippen LogP contribution is 2.31. The van der Waals surface area contributed by atoms with Gasteiger partial charge in [-0.3, -0.25) is 14.2 Å². The van der Waals surface area contributed by atoms with Crippen molar-refractivity contribution in [2.24, 2.45) is 0 Å². The summed E-state index contributed by atoms with van der Waals surface area (Å²) in [4.78, 5) is 31.2. The largest absolute Gasteiger partial charge is 0.493 e. The number of thiophene rings is 1. The van der Waals surface area contributed by atoms with Gasteiger partial charge in [-0.05, 0) is 42.3 Å². The number of methoxy groups -OCH3 is 2. The van der Waals surface area contributed by atoms with Gasteiger partial charge in [0.15, 0.2) is 11.5 Å². The van der Waals surface area contributed by atoms with Gasteiger partial charge in [-0.25, -0.2) is 9.37 Å². The van der Waals surface area contributed by atoms with Gasteiger partial charge in [0.05, 0.1) is 37.4 Å². The summed E-state index contributed by atoms with van der Waals surface area (Å²) in [6, 6.07) is 11.1. The fraction of sp³-hybridized carbons (Fsp3) is 0.174. The molecule has 1 N–H and O–H groups in total. The van der Waals surface area contributed by atoms with Gasteiger partial charge in [-0.1, -0.05) is 12.1 Å². The molecule has 0 unspecified atom stereocenters. The Morgan fingerprint density at radius 3 is 2.66 bits per heavy atom. The standard InChI is InChI=1S/C23H20FN3O4S/c1-13-19-22(25-12-27(23(19)29)11-14-5-4-6-15(24)9-14)32-20(13)21(28)26-16-7-8-17(30-2)18(10-16)31-3/h4-10,12H,11H2,1-3H3,(H,26,28). The van der Waals surface area contributed by atoms with Crippen molar-refractivity contribution in [3.05, 3.63) is 81.0 Å². The van der Waals surface area contributed by atoms with Gasteiger partial charge in [0, 0.05) is 11.8 Å². The van der Waals surface area contributed by atoms with Crippen LogP contribution in [-0.4, -0.2) is 29.7 Å². The van der Waals surface area contributed by atoms with Crippen LogP contribution < -0.4 is 20.3 Å². The Kier molecular flexibility index (Phi) is 5.91. The fourth-order valence-corrected chi connectivity index (χ4v) is 4.46. The van der Waals surface area contributed by atoms with Crippen molar-refractivity contribution in [1.29, 1.82) is 0 Å². The summed E-state index contributed by atoms with van der Waals surface area (Å²) in [5, 5.41) is 3.20. The molecule has 0 saturated heterocycles. The van der Waals surface area contributed by atoms with Crippen molar-refractivity contribution in [3.8, 4) is 11.5 Å². The molecule has 32 heavy (non-hydrogen) atoms. The van der Waals surface area contributed by atoms with E-state index in [0.717, 1.165) is 11.3 Å². The zero-order chi connectivity index (χ0) is 22.8. The van der Waals surface area contributed by atoms with Crippen LogP contribution in [0.3, 0.4) is 0 Å². The average Bonchev–Trinajstić information content (AvgIpc) is 3.13. The minimum atomic E-state index is -0.370. The smallest absolute Gasteiger partial charge is 0.266 e. The van der Waals surface area contributed by atoms with E-state index < -0.39 is 0 Å².